The van der Waals surface area contributed by atoms with E-state index in [9.17, 15) is 15.0 Å². The first-order valence-electron chi connectivity index (χ1n) is 6.54. The van der Waals surface area contributed by atoms with Gasteiger partial charge in [-0.2, -0.15) is 0 Å². The third kappa shape index (κ3) is 9.12. The van der Waals surface area contributed by atoms with Gasteiger partial charge in [-0.25, -0.2) is 0 Å². The maximum absolute atomic E-state index is 10.8. The summed E-state index contributed by atoms with van der Waals surface area (Å²) in [4.78, 5) is 10.8. The van der Waals surface area contributed by atoms with Crippen molar-refractivity contribution in [3.8, 4) is 0 Å². The Morgan fingerprint density at radius 3 is 2.24 bits per heavy atom. The summed E-state index contributed by atoms with van der Waals surface area (Å²) in [6.45, 7) is 1.86. The molecule has 0 heterocycles. The average molecular weight is 246 g/mol. The molecule has 0 saturated heterocycles. The van der Waals surface area contributed by atoms with Crippen molar-refractivity contribution in [1.82, 2.24) is 0 Å². The number of esters is 1. The summed E-state index contributed by atoms with van der Waals surface area (Å²) in [5.74, 6) is -0.147. The lowest BCUT2D eigenvalue weighted by molar-refractivity contribution is -0.140. The van der Waals surface area contributed by atoms with Crippen LogP contribution in [0.4, 0.5) is 0 Å². The van der Waals surface area contributed by atoms with Gasteiger partial charge in [0, 0.05) is 6.42 Å². The molecule has 4 heteroatoms. The molecule has 0 rings (SSSR count). The molecule has 4 nitrogen and oxygen atoms in total. The van der Waals surface area contributed by atoms with Crippen LogP contribution >= 0.6 is 0 Å². The van der Waals surface area contributed by atoms with Crippen molar-refractivity contribution < 1.29 is 19.7 Å². The second-order valence-electron chi connectivity index (χ2n) is 4.43. The maximum Gasteiger partial charge on any atom is 0.305 e. The topological polar surface area (TPSA) is 66.8 Å². The third-order valence-electron chi connectivity index (χ3n) is 2.97. The number of carbonyl (C=O) groups is 1. The van der Waals surface area contributed by atoms with Crippen molar-refractivity contribution in [3.05, 3.63) is 0 Å². The minimum Gasteiger partial charge on any atom is -0.469 e. The number of carbonyl (C=O) groups excluding carboxylic acids is 1. The average Bonchev–Trinajstić information content (AvgIpc) is 2.35. The zero-order valence-corrected chi connectivity index (χ0v) is 11.0. The smallest absolute Gasteiger partial charge is 0.305 e. The van der Waals surface area contributed by atoms with E-state index in [-0.39, 0.29) is 5.97 Å². The summed E-state index contributed by atoms with van der Waals surface area (Å²) in [5.41, 5.74) is 0. The molecule has 0 saturated carbocycles. The Hall–Kier alpha value is -0.610. The Morgan fingerprint density at radius 1 is 1.06 bits per heavy atom. The standard InChI is InChI=1S/C13H26O4/c1-3-11(14)12(15)9-7-5-4-6-8-10-13(16)17-2/h11-12,14-15H,3-10H2,1-2H3/t11-,12-/m0/s1. The summed E-state index contributed by atoms with van der Waals surface area (Å²) in [6.07, 6.45) is 5.48. The third-order valence-corrected chi connectivity index (χ3v) is 2.97. The summed E-state index contributed by atoms with van der Waals surface area (Å²) in [5, 5.41) is 18.9. The van der Waals surface area contributed by atoms with Crippen molar-refractivity contribution in [1.29, 1.82) is 0 Å². The minimum atomic E-state index is -0.589. The van der Waals surface area contributed by atoms with Crippen LogP contribution in [-0.4, -0.2) is 35.5 Å². The van der Waals surface area contributed by atoms with Crippen molar-refractivity contribution in [2.45, 2.75) is 70.5 Å². The number of aliphatic hydroxyl groups is 2. The zero-order valence-electron chi connectivity index (χ0n) is 11.0. The van der Waals surface area contributed by atoms with Crippen LogP contribution in [0, 0.1) is 0 Å². The maximum atomic E-state index is 10.8. The Labute approximate surface area is 104 Å². The van der Waals surface area contributed by atoms with E-state index in [1.54, 1.807) is 0 Å². The largest absolute Gasteiger partial charge is 0.469 e. The van der Waals surface area contributed by atoms with Crippen molar-refractivity contribution >= 4 is 5.97 Å². The first kappa shape index (κ1) is 16.4. The molecule has 0 unspecified atom stereocenters. The Bertz CT molecular complexity index is 194. The van der Waals surface area contributed by atoms with Gasteiger partial charge in [-0.3, -0.25) is 4.79 Å². The summed E-state index contributed by atoms with van der Waals surface area (Å²) >= 11 is 0. The normalized spacial score (nSPS) is 14.4. The van der Waals surface area contributed by atoms with E-state index in [0.717, 1.165) is 32.1 Å². The first-order chi connectivity index (χ1) is 8.11. The molecule has 0 spiro atoms. The molecule has 0 radical (unpaired) electrons. The van der Waals surface area contributed by atoms with Gasteiger partial charge in [0.25, 0.3) is 0 Å². The fraction of sp³-hybridized carbons (Fsp3) is 0.923. The highest BCUT2D eigenvalue weighted by atomic mass is 16.5. The molecule has 0 bridgehead atoms. The highest BCUT2D eigenvalue weighted by Crippen LogP contribution is 2.11. The van der Waals surface area contributed by atoms with Crippen LogP contribution in [-0.2, 0) is 9.53 Å². The predicted octanol–water partition coefficient (Wildman–Crippen LogP) is 2.02. The minimum absolute atomic E-state index is 0.147. The molecule has 102 valence electrons. The molecule has 0 fully saturated rings. The Morgan fingerprint density at radius 2 is 1.65 bits per heavy atom. The van der Waals surface area contributed by atoms with Crippen molar-refractivity contribution in [2.75, 3.05) is 7.11 Å². The van der Waals surface area contributed by atoms with Gasteiger partial charge in [0.1, 0.15) is 0 Å². The molecule has 0 aliphatic rings. The van der Waals surface area contributed by atoms with Crippen LogP contribution < -0.4 is 0 Å². The van der Waals surface area contributed by atoms with Crippen LogP contribution in [0.5, 0.6) is 0 Å². The lowest BCUT2D eigenvalue weighted by atomic mass is 10.0. The van der Waals surface area contributed by atoms with E-state index >= 15 is 0 Å². The highest BCUT2D eigenvalue weighted by Gasteiger charge is 2.12. The summed E-state index contributed by atoms with van der Waals surface area (Å²) < 4.78 is 4.55. The highest BCUT2D eigenvalue weighted by molar-refractivity contribution is 5.68. The molecule has 17 heavy (non-hydrogen) atoms. The van der Waals surface area contributed by atoms with E-state index in [1.165, 1.54) is 7.11 Å². The molecule has 0 aromatic heterocycles. The van der Waals surface area contributed by atoms with Gasteiger partial charge in [-0.1, -0.05) is 32.6 Å². The van der Waals surface area contributed by atoms with Crippen molar-refractivity contribution in [2.24, 2.45) is 0 Å². The van der Waals surface area contributed by atoms with Gasteiger partial charge in [0.05, 0.1) is 19.3 Å². The van der Waals surface area contributed by atoms with Gasteiger partial charge in [-0.05, 0) is 19.3 Å². The fourth-order valence-corrected chi connectivity index (χ4v) is 1.72. The number of methoxy groups -OCH3 is 1. The second kappa shape index (κ2) is 10.5. The van der Waals surface area contributed by atoms with Crippen LogP contribution in [0.3, 0.4) is 0 Å². The molecule has 0 aromatic rings. The first-order valence-corrected chi connectivity index (χ1v) is 6.54. The number of rotatable bonds is 10. The van der Waals surface area contributed by atoms with Gasteiger partial charge in [0.2, 0.25) is 0 Å². The van der Waals surface area contributed by atoms with E-state index in [0.29, 0.717) is 19.3 Å². The molecule has 0 amide bonds. The molecule has 0 aliphatic heterocycles. The van der Waals surface area contributed by atoms with Gasteiger partial charge in [-0.15, -0.1) is 0 Å². The van der Waals surface area contributed by atoms with Crippen LogP contribution in [0.15, 0.2) is 0 Å². The number of hydrogen-bond donors (Lipinski definition) is 2. The van der Waals surface area contributed by atoms with Gasteiger partial charge < -0.3 is 14.9 Å². The number of aliphatic hydroxyl groups excluding tert-OH is 2. The fourth-order valence-electron chi connectivity index (χ4n) is 1.72. The predicted molar refractivity (Wildman–Crippen MR) is 66.6 cm³/mol. The van der Waals surface area contributed by atoms with E-state index in [1.807, 2.05) is 6.92 Å². The summed E-state index contributed by atoms with van der Waals surface area (Å²) in [6, 6.07) is 0. The Kier molecular flexibility index (Phi) is 10.2. The number of hydrogen-bond acceptors (Lipinski definition) is 4. The lowest BCUT2D eigenvalue weighted by Gasteiger charge is -2.15. The molecule has 0 aromatic carbocycles. The van der Waals surface area contributed by atoms with Gasteiger partial charge in [0.15, 0.2) is 0 Å². The van der Waals surface area contributed by atoms with Crippen molar-refractivity contribution in [3.63, 3.8) is 0 Å². The van der Waals surface area contributed by atoms with E-state index in [4.69, 9.17) is 0 Å². The van der Waals surface area contributed by atoms with Crippen LogP contribution in [0.2, 0.25) is 0 Å². The van der Waals surface area contributed by atoms with E-state index in [2.05, 4.69) is 4.74 Å². The zero-order chi connectivity index (χ0) is 13.1. The molecule has 2 atom stereocenters. The van der Waals surface area contributed by atoms with Gasteiger partial charge >= 0.3 is 5.97 Å². The summed E-state index contributed by atoms with van der Waals surface area (Å²) in [7, 11) is 1.41. The molecule has 2 N–H and O–H groups in total. The quantitative estimate of drug-likeness (QED) is 0.457. The lowest BCUT2D eigenvalue weighted by Crippen LogP contribution is -2.24. The molecular weight excluding hydrogens is 220 g/mol. The molecular formula is C13H26O4. The van der Waals surface area contributed by atoms with Crippen LogP contribution in [0.1, 0.15) is 58.3 Å². The second-order valence-corrected chi connectivity index (χ2v) is 4.43. The number of unbranched alkanes of at least 4 members (excludes halogenated alkanes) is 4. The number of ether oxygens (including phenoxy) is 1. The molecule has 0 aliphatic carbocycles. The Balaban J connectivity index is 3.26. The SMILES string of the molecule is CC[C@H](O)[C@@H](O)CCCCCCCC(=O)OC. The monoisotopic (exact) mass is 246 g/mol. The van der Waals surface area contributed by atoms with Crippen LogP contribution in [0.25, 0.3) is 0 Å². The van der Waals surface area contributed by atoms with E-state index < -0.39 is 12.2 Å².